The molecule has 7 rings (SSSR count). The standard InChI is InChI=1S/C62H78N8O17/c1-6-8-9-27-87-44-24-20-39(21-25-44)37-12-10-36(11-13-37)38-14-16-41(17-15-38)56(79)64-45-30-47(75)55(63-26-28-86-5)68-60(83)51-52(76)35(7-2)31-70(51)62(85)49(34(4)72)66-59(82)50(54(78)53(77)40-18-22-42(73)23-19-40)67-58(81)46-29-43(74)32-69(46)61(84)48(33(3)71)65-57(45)80/h2,10-25,33-35,43,45-55,63,71-78H,6,8-9,26-32H2,1,3-5H3,(H,64,79)(H,65,80)(H,66,82)(H,67,81)(H,68,83). The highest BCUT2D eigenvalue weighted by Crippen LogP contribution is 2.30. The van der Waals surface area contributed by atoms with Gasteiger partial charge < -0.3 is 86.7 Å². The molecule has 0 spiro atoms. The Morgan fingerprint density at radius 2 is 1.23 bits per heavy atom. The molecule has 7 amide bonds. The number of fused-ring (bicyclic) bond motifs is 2. The summed E-state index contributed by atoms with van der Waals surface area (Å²) in [5.74, 6) is -6.56. The minimum atomic E-state index is -2.31. The second-order valence-electron chi connectivity index (χ2n) is 22.1. The molecule has 3 saturated heterocycles. The maximum Gasteiger partial charge on any atom is 0.251 e. The lowest BCUT2D eigenvalue weighted by atomic mass is 9.96. The summed E-state index contributed by atoms with van der Waals surface area (Å²) in [6, 6.07) is 14.9. The Hall–Kier alpha value is -8.03. The second-order valence-corrected chi connectivity index (χ2v) is 22.1. The number of methoxy groups -OCH3 is 1. The highest BCUT2D eigenvalue weighted by atomic mass is 16.5. The Morgan fingerprint density at radius 3 is 1.79 bits per heavy atom. The first kappa shape index (κ1) is 66.5. The van der Waals surface area contributed by atoms with Gasteiger partial charge >= 0.3 is 0 Å². The van der Waals surface area contributed by atoms with Gasteiger partial charge in [-0.2, -0.15) is 0 Å². The molecule has 0 aromatic heterocycles. The van der Waals surface area contributed by atoms with E-state index in [-0.39, 0.29) is 30.0 Å². The Balaban J connectivity index is 1.23. The number of amides is 7. The van der Waals surface area contributed by atoms with Crippen molar-refractivity contribution in [2.24, 2.45) is 5.92 Å². The molecule has 0 bridgehead atoms. The van der Waals surface area contributed by atoms with E-state index in [1.807, 2.05) is 48.5 Å². The fourth-order valence-corrected chi connectivity index (χ4v) is 10.7. The van der Waals surface area contributed by atoms with E-state index in [0.29, 0.717) is 6.61 Å². The van der Waals surface area contributed by atoms with Gasteiger partial charge in [-0.3, -0.25) is 38.9 Å². The predicted molar refractivity (Wildman–Crippen MR) is 314 cm³/mol. The molecule has 0 radical (unpaired) electrons. The normalized spacial score (nSPS) is 26.5. The molecule has 3 heterocycles. The summed E-state index contributed by atoms with van der Waals surface area (Å²) in [5.41, 5.74) is 3.42. The van der Waals surface area contributed by atoms with Crippen molar-refractivity contribution < 1.29 is 83.9 Å². The largest absolute Gasteiger partial charge is 0.508 e. The van der Waals surface area contributed by atoms with Crippen LogP contribution in [0.1, 0.15) is 74.9 Å². The minimum absolute atomic E-state index is 0.0161. The monoisotopic (exact) mass is 1210 g/mol. The van der Waals surface area contributed by atoms with Gasteiger partial charge in [0, 0.05) is 45.1 Å². The van der Waals surface area contributed by atoms with E-state index in [1.165, 1.54) is 31.4 Å². The van der Waals surface area contributed by atoms with Crippen molar-refractivity contribution >= 4 is 41.4 Å². The number of benzene rings is 4. The van der Waals surface area contributed by atoms with Gasteiger partial charge in [0.2, 0.25) is 35.4 Å². The number of nitrogens with one attached hydrogen (secondary N) is 6. The molecule has 87 heavy (non-hydrogen) atoms. The fourth-order valence-electron chi connectivity index (χ4n) is 10.7. The number of hydrogen-bond donors (Lipinski definition) is 14. The number of carbonyl (C=O) groups is 7. The molecule has 468 valence electrons. The summed E-state index contributed by atoms with van der Waals surface area (Å²) < 4.78 is 11.0. The smallest absolute Gasteiger partial charge is 0.251 e. The third-order valence-electron chi connectivity index (χ3n) is 15.7. The average molecular weight is 1210 g/mol. The number of terminal acetylenes is 1. The highest BCUT2D eigenvalue weighted by molar-refractivity contribution is 6.00. The molecule has 3 aliphatic rings. The maximum atomic E-state index is 14.7. The summed E-state index contributed by atoms with van der Waals surface area (Å²) in [6.07, 6.45) is -6.98. The fraction of sp³-hybridized carbons (Fsp3) is 0.468. The zero-order valence-corrected chi connectivity index (χ0v) is 48.7. The van der Waals surface area contributed by atoms with Crippen LogP contribution in [0, 0.1) is 18.3 Å². The van der Waals surface area contributed by atoms with Crippen LogP contribution in [0.3, 0.4) is 0 Å². The van der Waals surface area contributed by atoms with Gasteiger partial charge in [-0.1, -0.05) is 86.3 Å². The van der Waals surface area contributed by atoms with Crippen LogP contribution in [0.2, 0.25) is 0 Å². The quantitative estimate of drug-likeness (QED) is 0.0417. The predicted octanol–water partition coefficient (Wildman–Crippen LogP) is -1.07. The number of nitrogens with zero attached hydrogens (tertiary/aromatic N) is 2. The van der Waals surface area contributed by atoms with E-state index >= 15 is 0 Å². The van der Waals surface area contributed by atoms with Gasteiger partial charge in [-0.25, -0.2) is 0 Å². The van der Waals surface area contributed by atoms with Gasteiger partial charge in [0.05, 0.1) is 49.7 Å². The van der Waals surface area contributed by atoms with Crippen molar-refractivity contribution in [3.8, 4) is 46.1 Å². The van der Waals surface area contributed by atoms with Crippen molar-refractivity contribution in [3.05, 3.63) is 108 Å². The first-order valence-corrected chi connectivity index (χ1v) is 28.9. The van der Waals surface area contributed by atoms with E-state index in [9.17, 15) is 74.4 Å². The molecular formula is C62H78N8O17. The van der Waals surface area contributed by atoms with E-state index in [0.717, 1.165) is 83.0 Å². The van der Waals surface area contributed by atoms with Crippen molar-refractivity contribution in [2.45, 2.75) is 138 Å². The third kappa shape index (κ3) is 16.5. The van der Waals surface area contributed by atoms with Gasteiger partial charge in [-0.05, 0) is 84.5 Å². The molecule has 0 saturated carbocycles. The lowest BCUT2D eigenvalue weighted by Gasteiger charge is -2.34. The Kier molecular flexibility index (Phi) is 23.3. The number of ether oxygens (including phenoxy) is 2. The SMILES string of the molecule is C#CC1CN2C(=O)C(C(C)O)NC(=O)C(C(O)C(O)c3ccc(O)cc3)NC(=O)C3CC(O)CN3C(=O)C(C(C)O)NC(=O)C(NC(=O)c3ccc(-c4ccc(-c5ccc(OCCCCC)cc5)cc4)cc3)CC(O)C(NCCOC)NC(=O)C2C1O. The van der Waals surface area contributed by atoms with E-state index in [2.05, 4.69) is 44.7 Å². The van der Waals surface area contributed by atoms with Gasteiger partial charge in [-0.15, -0.1) is 6.42 Å². The molecule has 25 heteroatoms. The molecule has 3 aliphatic heterocycles. The lowest BCUT2D eigenvalue weighted by molar-refractivity contribution is -0.148. The molecule has 15 unspecified atom stereocenters. The summed E-state index contributed by atoms with van der Waals surface area (Å²) in [5, 5.41) is 105. The van der Waals surface area contributed by atoms with Crippen molar-refractivity contribution in [1.29, 1.82) is 0 Å². The van der Waals surface area contributed by atoms with E-state index in [1.54, 1.807) is 12.1 Å². The zero-order valence-electron chi connectivity index (χ0n) is 48.7. The Bertz CT molecular complexity index is 3050. The molecule has 25 nitrogen and oxygen atoms in total. The molecule has 15 atom stereocenters. The van der Waals surface area contributed by atoms with Crippen molar-refractivity contribution in [3.63, 3.8) is 0 Å². The molecule has 0 aliphatic carbocycles. The van der Waals surface area contributed by atoms with E-state index < -0.39 is 158 Å². The van der Waals surface area contributed by atoms with Crippen LogP contribution in [0.4, 0.5) is 0 Å². The van der Waals surface area contributed by atoms with Crippen LogP contribution in [0.5, 0.6) is 11.5 Å². The zero-order chi connectivity index (χ0) is 63.2. The maximum absolute atomic E-state index is 14.7. The summed E-state index contributed by atoms with van der Waals surface area (Å²) in [4.78, 5) is 104. The highest BCUT2D eigenvalue weighted by Gasteiger charge is 2.51. The topological polar surface area (TPSA) is 378 Å². The number of rotatable bonds is 18. The Labute approximate surface area is 503 Å². The van der Waals surface area contributed by atoms with Crippen LogP contribution in [-0.2, 0) is 33.5 Å². The van der Waals surface area contributed by atoms with Crippen LogP contribution in [0.15, 0.2) is 97.1 Å². The molecular weight excluding hydrogens is 1130 g/mol. The number of unbranched alkanes of at least 4 members (excludes halogenated alkanes) is 2. The molecule has 4 aromatic carbocycles. The van der Waals surface area contributed by atoms with Gasteiger partial charge in [0.25, 0.3) is 5.91 Å². The Morgan fingerprint density at radius 1 is 0.678 bits per heavy atom. The average Bonchev–Trinajstić information content (AvgIpc) is 1.92. The van der Waals surface area contributed by atoms with E-state index in [4.69, 9.17) is 15.9 Å². The van der Waals surface area contributed by atoms with Crippen molar-refractivity contribution in [1.82, 2.24) is 41.7 Å². The number of carbonyl (C=O) groups excluding carboxylic acids is 7. The van der Waals surface area contributed by atoms with Crippen LogP contribution in [0.25, 0.3) is 22.3 Å². The van der Waals surface area contributed by atoms with Gasteiger partial charge in [0.15, 0.2) is 0 Å². The number of phenolic OH excluding ortho intramolecular Hbond substituents is 1. The molecule has 14 N–H and O–H groups in total. The first-order chi connectivity index (χ1) is 41.5. The lowest BCUT2D eigenvalue weighted by Crippen LogP contribution is -2.64. The van der Waals surface area contributed by atoms with Crippen LogP contribution >= 0.6 is 0 Å². The number of hydrogen-bond acceptors (Lipinski definition) is 18. The van der Waals surface area contributed by atoms with Crippen LogP contribution < -0.4 is 36.6 Å². The first-order valence-electron chi connectivity index (χ1n) is 28.9. The number of phenols is 1. The third-order valence-corrected chi connectivity index (χ3v) is 15.7. The van der Waals surface area contributed by atoms with Crippen LogP contribution in [-0.4, -0.2) is 211 Å². The molecule has 4 aromatic rings. The summed E-state index contributed by atoms with van der Waals surface area (Å²) in [6.45, 7) is 3.77. The molecule has 3 fully saturated rings. The second kappa shape index (κ2) is 30.5. The minimum Gasteiger partial charge on any atom is -0.508 e. The number of aromatic hydroxyl groups is 1. The number of aliphatic hydroxyl groups is 7. The summed E-state index contributed by atoms with van der Waals surface area (Å²) >= 11 is 0. The van der Waals surface area contributed by atoms with Crippen molar-refractivity contribution in [2.75, 3.05) is 40.0 Å². The number of aliphatic hydroxyl groups excluding tert-OH is 7. The van der Waals surface area contributed by atoms with Gasteiger partial charge in [0.1, 0.15) is 66.1 Å². The summed E-state index contributed by atoms with van der Waals surface area (Å²) in [7, 11) is 1.37.